The highest BCUT2D eigenvalue weighted by molar-refractivity contribution is 5.94. The van der Waals surface area contributed by atoms with Crippen LogP contribution in [0, 0.1) is 17.2 Å². The maximum atomic E-state index is 15.2. The van der Waals surface area contributed by atoms with E-state index in [1.807, 2.05) is 11.0 Å². The number of ether oxygens (including phenoxy) is 1. The van der Waals surface area contributed by atoms with Crippen LogP contribution in [0.5, 0.6) is 0 Å². The van der Waals surface area contributed by atoms with Crippen molar-refractivity contribution in [3.8, 4) is 11.5 Å². The third kappa shape index (κ3) is 5.75. The Morgan fingerprint density at radius 1 is 0.953 bits per heavy atom. The summed E-state index contributed by atoms with van der Waals surface area (Å²) in [6, 6.07) is 4.73. The van der Waals surface area contributed by atoms with Crippen molar-refractivity contribution in [1.82, 2.24) is 20.3 Å². The Hall–Kier alpha value is -3.14. The fourth-order valence-corrected chi connectivity index (χ4v) is 7.24. The number of halogens is 1. The molecule has 0 spiro atoms. The minimum absolute atomic E-state index is 0.0381. The van der Waals surface area contributed by atoms with Gasteiger partial charge in [0, 0.05) is 54.2 Å². The molecule has 2 aromatic heterocycles. The number of amides is 1. The molecule has 3 heterocycles. The van der Waals surface area contributed by atoms with Gasteiger partial charge >= 0.3 is 0 Å². The third-order valence-corrected chi connectivity index (χ3v) is 10.4. The van der Waals surface area contributed by atoms with E-state index in [2.05, 4.69) is 36.1 Å². The number of anilines is 1. The number of aromatic nitrogens is 4. The molecule has 3 aromatic rings. The Labute approximate surface area is 251 Å². The van der Waals surface area contributed by atoms with Gasteiger partial charge in [0.05, 0.1) is 0 Å². The van der Waals surface area contributed by atoms with Crippen LogP contribution in [0.25, 0.3) is 11.5 Å². The number of nitrogens with zero attached hydrogens (tertiary/aromatic N) is 5. The van der Waals surface area contributed by atoms with Crippen LogP contribution in [0.3, 0.4) is 0 Å². The standard InChI is InChI=1S/C33H42FN5O4/c1-31(2,3)29-36-30(43-38-29)33-11-8-32(9-12-33,10-13-33)20-39(26(40)16-21-6-14-41-15-7-21)25-18-23(17-24(34)19-25)28-35-27(37-42-28)22-4-5-22/h17-19,21-22H,4-16,20H2,1-3H3. The molecule has 1 aromatic carbocycles. The van der Waals surface area contributed by atoms with Crippen molar-refractivity contribution in [2.75, 3.05) is 24.7 Å². The van der Waals surface area contributed by atoms with Gasteiger partial charge in [-0.3, -0.25) is 4.79 Å². The van der Waals surface area contributed by atoms with Crippen LogP contribution in [0.4, 0.5) is 10.1 Å². The predicted octanol–water partition coefficient (Wildman–Crippen LogP) is 6.88. The Morgan fingerprint density at radius 2 is 1.67 bits per heavy atom. The number of hydrogen-bond donors (Lipinski definition) is 0. The highest BCUT2D eigenvalue weighted by atomic mass is 19.1. The number of rotatable bonds is 8. The summed E-state index contributed by atoms with van der Waals surface area (Å²) in [5, 5.41) is 8.43. The molecule has 9 nitrogen and oxygen atoms in total. The minimum atomic E-state index is -0.419. The lowest BCUT2D eigenvalue weighted by atomic mass is 9.53. The van der Waals surface area contributed by atoms with E-state index in [0.717, 1.165) is 75.9 Å². The second-order valence-electron chi connectivity index (χ2n) is 14.6. The van der Waals surface area contributed by atoms with Gasteiger partial charge in [-0.05, 0) is 93.7 Å². The van der Waals surface area contributed by atoms with Crippen LogP contribution in [0.15, 0.2) is 27.2 Å². The molecule has 2 bridgehead atoms. The Morgan fingerprint density at radius 3 is 2.33 bits per heavy atom. The van der Waals surface area contributed by atoms with Crippen molar-refractivity contribution in [1.29, 1.82) is 0 Å². The van der Waals surface area contributed by atoms with Gasteiger partial charge in [-0.25, -0.2) is 4.39 Å². The third-order valence-electron chi connectivity index (χ3n) is 10.4. The summed E-state index contributed by atoms with van der Waals surface area (Å²) in [5.41, 5.74) is 0.755. The first-order valence-electron chi connectivity index (χ1n) is 16.0. The van der Waals surface area contributed by atoms with Crippen LogP contribution in [-0.2, 0) is 20.4 Å². The van der Waals surface area contributed by atoms with Crippen LogP contribution >= 0.6 is 0 Å². The van der Waals surface area contributed by atoms with Gasteiger partial charge in [0.15, 0.2) is 11.6 Å². The largest absolute Gasteiger partial charge is 0.381 e. The first kappa shape index (κ1) is 28.6. The van der Waals surface area contributed by atoms with Crippen LogP contribution in [-0.4, -0.2) is 45.9 Å². The molecule has 8 rings (SSSR count). The lowest BCUT2D eigenvalue weighted by Gasteiger charge is -2.53. The lowest BCUT2D eigenvalue weighted by Crippen LogP contribution is -2.51. The molecule has 1 saturated heterocycles. The quantitative estimate of drug-likeness (QED) is 0.279. The molecule has 4 aliphatic carbocycles. The monoisotopic (exact) mass is 591 g/mol. The Kier molecular flexibility index (Phi) is 7.18. The van der Waals surface area contributed by atoms with Gasteiger partial charge in [-0.1, -0.05) is 31.1 Å². The average Bonchev–Trinajstić information content (AvgIpc) is 3.49. The minimum Gasteiger partial charge on any atom is -0.381 e. The van der Waals surface area contributed by atoms with E-state index >= 15 is 4.39 Å². The van der Waals surface area contributed by atoms with E-state index in [1.54, 1.807) is 0 Å². The summed E-state index contributed by atoms with van der Waals surface area (Å²) >= 11 is 0. The van der Waals surface area contributed by atoms with Crippen molar-refractivity contribution in [3.63, 3.8) is 0 Å². The Bertz CT molecular complexity index is 1460. The van der Waals surface area contributed by atoms with Crippen molar-refractivity contribution < 1.29 is 23.0 Å². The van der Waals surface area contributed by atoms with E-state index in [9.17, 15) is 4.79 Å². The molecule has 5 aliphatic rings. The number of benzene rings is 1. The average molecular weight is 592 g/mol. The molecule has 0 atom stereocenters. The summed E-state index contributed by atoms with van der Waals surface area (Å²) in [6.07, 6.45) is 9.98. The predicted molar refractivity (Wildman–Crippen MR) is 157 cm³/mol. The van der Waals surface area contributed by atoms with Crippen LogP contribution in [0.1, 0.15) is 115 Å². The molecule has 1 amide bonds. The first-order chi connectivity index (χ1) is 20.6. The summed E-state index contributed by atoms with van der Waals surface area (Å²) < 4.78 is 32.1. The smallest absolute Gasteiger partial charge is 0.258 e. The van der Waals surface area contributed by atoms with Crippen molar-refractivity contribution in [3.05, 3.63) is 41.6 Å². The highest BCUT2D eigenvalue weighted by Crippen LogP contribution is 2.58. The zero-order valence-corrected chi connectivity index (χ0v) is 25.5. The maximum absolute atomic E-state index is 15.2. The van der Waals surface area contributed by atoms with Crippen molar-refractivity contribution >= 4 is 11.6 Å². The fraction of sp³-hybridized carbons (Fsp3) is 0.667. The summed E-state index contributed by atoms with van der Waals surface area (Å²) in [6.45, 7) is 8.21. The van der Waals surface area contributed by atoms with Gasteiger partial charge in [-0.15, -0.1) is 0 Å². The number of fused-ring (bicyclic) bond motifs is 3. The maximum Gasteiger partial charge on any atom is 0.258 e. The summed E-state index contributed by atoms with van der Waals surface area (Å²) in [5.74, 6) is 2.70. The number of carbonyl (C=O) groups excluding carboxylic acids is 1. The highest BCUT2D eigenvalue weighted by Gasteiger charge is 2.53. The first-order valence-corrected chi connectivity index (χ1v) is 16.0. The van der Waals surface area contributed by atoms with Crippen LogP contribution < -0.4 is 4.90 Å². The number of hydrogen-bond acceptors (Lipinski definition) is 8. The van der Waals surface area contributed by atoms with Crippen molar-refractivity contribution in [2.24, 2.45) is 11.3 Å². The molecule has 0 radical (unpaired) electrons. The molecular weight excluding hydrogens is 549 g/mol. The van der Waals surface area contributed by atoms with Gasteiger partial charge in [0.25, 0.3) is 5.89 Å². The molecule has 0 N–H and O–H groups in total. The van der Waals surface area contributed by atoms with E-state index < -0.39 is 5.82 Å². The molecule has 230 valence electrons. The van der Waals surface area contributed by atoms with E-state index in [4.69, 9.17) is 18.8 Å². The molecule has 43 heavy (non-hydrogen) atoms. The Balaban J connectivity index is 1.15. The molecule has 1 aliphatic heterocycles. The van der Waals surface area contributed by atoms with E-state index in [0.29, 0.717) is 55.1 Å². The van der Waals surface area contributed by atoms with Crippen molar-refractivity contribution in [2.45, 2.75) is 108 Å². The fourth-order valence-electron chi connectivity index (χ4n) is 7.24. The van der Waals surface area contributed by atoms with E-state index in [-0.39, 0.29) is 28.1 Å². The van der Waals surface area contributed by atoms with E-state index in [1.165, 1.54) is 12.1 Å². The SMILES string of the molecule is CC(C)(C)c1noc(C23CCC(CN(C(=O)CC4CCOCC4)c4cc(F)cc(-c5nc(C6CC6)no5)c4)(CC2)CC3)n1. The molecule has 10 heteroatoms. The number of carbonyl (C=O) groups is 1. The normalized spacial score (nSPS) is 26.1. The van der Waals surface area contributed by atoms with Gasteiger partial charge in [0.1, 0.15) is 5.82 Å². The van der Waals surface area contributed by atoms with Gasteiger partial charge in [0.2, 0.25) is 11.8 Å². The molecular formula is C33H42FN5O4. The second-order valence-corrected chi connectivity index (χ2v) is 14.6. The zero-order valence-electron chi connectivity index (χ0n) is 25.5. The zero-order chi connectivity index (χ0) is 29.8. The molecule has 4 saturated carbocycles. The summed E-state index contributed by atoms with van der Waals surface area (Å²) in [7, 11) is 0. The van der Waals surface area contributed by atoms with Gasteiger partial charge < -0.3 is 18.7 Å². The summed E-state index contributed by atoms with van der Waals surface area (Å²) in [4.78, 5) is 25.3. The van der Waals surface area contributed by atoms with Gasteiger partial charge in [-0.2, -0.15) is 9.97 Å². The second kappa shape index (κ2) is 10.8. The van der Waals surface area contributed by atoms with Crippen LogP contribution in [0.2, 0.25) is 0 Å². The topological polar surface area (TPSA) is 107 Å². The molecule has 0 unspecified atom stereocenters. The lowest BCUT2D eigenvalue weighted by molar-refractivity contribution is -0.121. The molecule has 5 fully saturated rings.